The summed E-state index contributed by atoms with van der Waals surface area (Å²) >= 11 is 7.59. The molecular formula is C39H44Br2N2O. The molecule has 0 spiro atoms. The Labute approximate surface area is 280 Å². The minimum Gasteiger partial charge on any atom is -0.463 e. The summed E-state index contributed by atoms with van der Waals surface area (Å²) in [5, 5.41) is 0. The van der Waals surface area contributed by atoms with Crippen molar-refractivity contribution in [3.05, 3.63) is 103 Å². The Morgan fingerprint density at radius 1 is 0.523 bits per heavy atom. The highest BCUT2D eigenvalue weighted by Crippen LogP contribution is 2.45. The van der Waals surface area contributed by atoms with Crippen LogP contribution in [0.2, 0.25) is 0 Å². The van der Waals surface area contributed by atoms with Crippen LogP contribution in [0.1, 0.15) is 138 Å². The van der Waals surface area contributed by atoms with E-state index in [9.17, 15) is 0 Å². The molecule has 1 aliphatic carbocycles. The van der Waals surface area contributed by atoms with Crippen LogP contribution in [0, 0.1) is 0 Å². The second-order valence-corrected chi connectivity index (χ2v) is 15.3. The minimum absolute atomic E-state index is 0.253. The molecule has 1 heterocycles. The standard InChI is InChI=1S/C39H44Br2N2O/c1-20(2)29-15-25(40)16-30(21(3)4)35(29)42-37-27-13-11-12-14-28(27)39-34(33(19-44-39)24(9)10)38(37)43-36-31(22(5)6)17-26(41)18-32(36)23(7)8/h11-24H,1-10H3. The molecule has 0 N–H and O–H groups in total. The summed E-state index contributed by atoms with van der Waals surface area (Å²) in [7, 11) is 0. The fourth-order valence-corrected chi connectivity index (χ4v) is 7.11. The Balaban J connectivity index is 1.98. The number of nitrogens with zero attached hydrogens (tertiary/aromatic N) is 2. The zero-order valence-corrected chi connectivity index (χ0v) is 30.8. The van der Waals surface area contributed by atoms with Gasteiger partial charge in [-0.3, -0.25) is 0 Å². The van der Waals surface area contributed by atoms with E-state index in [-0.39, 0.29) is 5.92 Å². The molecule has 0 aliphatic heterocycles. The van der Waals surface area contributed by atoms with Crippen LogP contribution >= 0.6 is 31.9 Å². The van der Waals surface area contributed by atoms with E-state index < -0.39 is 0 Å². The van der Waals surface area contributed by atoms with Gasteiger partial charge in [0, 0.05) is 25.6 Å². The quantitative estimate of drug-likeness (QED) is 0.188. The van der Waals surface area contributed by atoms with Crippen LogP contribution in [0.3, 0.4) is 0 Å². The van der Waals surface area contributed by atoms with E-state index in [4.69, 9.17) is 14.4 Å². The average Bonchev–Trinajstić information content (AvgIpc) is 3.41. The lowest BCUT2D eigenvalue weighted by Crippen LogP contribution is -2.24. The third-order valence-electron chi connectivity index (χ3n) is 8.53. The van der Waals surface area contributed by atoms with Gasteiger partial charge in [-0.15, -0.1) is 0 Å². The van der Waals surface area contributed by atoms with Crippen molar-refractivity contribution in [3.8, 4) is 11.3 Å². The Morgan fingerprint density at radius 3 is 1.32 bits per heavy atom. The molecule has 3 aromatic carbocycles. The molecule has 5 rings (SSSR count). The van der Waals surface area contributed by atoms with E-state index in [1.165, 1.54) is 22.3 Å². The normalized spacial score (nSPS) is 15.0. The third kappa shape index (κ3) is 6.07. The van der Waals surface area contributed by atoms with Gasteiger partial charge in [-0.2, -0.15) is 0 Å². The Hall–Kier alpha value is -2.76. The van der Waals surface area contributed by atoms with Gasteiger partial charge >= 0.3 is 0 Å². The number of rotatable bonds is 7. The van der Waals surface area contributed by atoms with Crippen molar-refractivity contribution < 1.29 is 4.42 Å². The summed E-state index contributed by atoms with van der Waals surface area (Å²) in [5.41, 5.74) is 13.1. The van der Waals surface area contributed by atoms with Crippen LogP contribution in [0.25, 0.3) is 11.3 Å². The van der Waals surface area contributed by atoms with Gasteiger partial charge in [0.2, 0.25) is 0 Å². The molecule has 0 radical (unpaired) electrons. The van der Waals surface area contributed by atoms with Gasteiger partial charge in [-0.05, 0) is 76.1 Å². The van der Waals surface area contributed by atoms with E-state index in [0.29, 0.717) is 23.7 Å². The Bertz CT molecular complexity index is 1710. The number of hydrogen-bond acceptors (Lipinski definition) is 3. The Kier molecular flexibility index (Phi) is 9.58. The second-order valence-electron chi connectivity index (χ2n) is 13.5. The maximum Gasteiger partial charge on any atom is 0.144 e. The zero-order chi connectivity index (χ0) is 32.0. The van der Waals surface area contributed by atoms with E-state index in [1.54, 1.807) is 0 Å². The lowest BCUT2D eigenvalue weighted by Gasteiger charge is -2.25. The van der Waals surface area contributed by atoms with E-state index in [1.807, 2.05) is 6.26 Å². The lowest BCUT2D eigenvalue weighted by molar-refractivity contribution is 0.575. The summed E-state index contributed by atoms with van der Waals surface area (Å²) in [6.45, 7) is 22.4. The number of aliphatic imine (C=N–C) groups is 2. The monoisotopic (exact) mass is 714 g/mol. The third-order valence-corrected chi connectivity index (χ3v) is 9.45. The predicted octanol–water partition coefficient (Wildman–Crippen LogP) is 13.3. The summed E-state index contributed by atoms with van der Waals surface area (Å²) in [4.78, 5) is 11.4. The van der Waals surface area contributed by atoms with E-state index in [2.05, 4.69) is 150 Å². The van der Waals surface area contributed by atoms with E-state index in [0.717, 1.165) is 59.8 Å². The van der Waals surface area contributed by atoms with Gasteiger partial charge in [-0.1, -0.05) is 125 Å². The fraction of sp³-hybridized carbons (Fsp3) is 0.385. The van der Waals surface area contributed by atoms with Crippen molar-refractivity contribution in [3.63, 3.8) is 0 Å². The molecule has 3 nitrogen and oxygen atoms in total. The molecule has 5 heteroatoms. The van der Waals surface area contributed by atoms with Gasteiger partial charge < -0.3 is 4.42 Å². The molecular weight excluding hydrogens is 672 g/mol. The van der Waals surface area contributed by atoms with Crippen LogP contribution in [-0.4, -0.2) is 11.4 Å². The fourth-order valence-electron chi connectivity index (χ4n) is 6.12. The molecule has 1 aromatic heterocycles. The van der Waals surface area contributed by atoms with Crippen molar-refractivity contribution in [2.75, 3.05) is 0 Å². The summed E-state index contributed by atoms with van der Waals surface area (Å²) < 4.78 is 8.58. The number of fused-ring (bicyclic) bond motifs is 3. The number of hydrogen-bond donors (Lipinski definition) is 0. The van der Waals surface area contributed by atoms with Crippen LogP contribution in [-0.2, 0) is 0 Å². The van der Waals surface area contributed by atoms with Crippen molar-refractivity contribution in [1.82, 2.24) is 0 Å². The second kappa shape index (κ2) is 12.9. The summed E-state index contributed by atoms with van der Waals surface area (Å²) in [6, 6.07) is 17.4. The topological polar surface area (TPSA) is 37.9 Å². The molecule has 0 fully saturated rings. The number of furan rings is 1. The molecule has 0 atom stereocenters. The maximum atomic E-state index is 6.41. The molecule has 0 saturated carbocycles. The lowest BCUT2D eigenvalue weighted by atomic mass is 9.83. The first-order valence-corrected chi connectivity index (χ1v) is 17.4. The van der Waals surface area contributed by atoms with Crippen molar-refractivity contribution in [1.29, 1.82) is 0 Å². The first-order chi connectivity index (χ1) is 20.8. The van der Waals surface area contributed by atoms with Crippen LogP contribution in [0.5, 0.6) is 0 Å². The highest BCUT2D eigenvalue weighted by Gasteiger charge is 2.34. The molecule has 230 valence electrons. The molecule has 44 heavy (non-hydrogen) atoms. The summed E-state index contributed by atoms with van der Waals surface area (Å²) in [6.07, 6.45) is 1.93. The van der Waals surface area contributed by atoms with Crippen molar-refractivity contribution >= 4 is 54.7 Å². The molecule has 0 saturated heterocycles. The highest BCUT2D eigenvalue weighted by molar-refractivity contribution is 9.10. The highest BCUT2D eigenvalue weighted by atomic mass is 79.9. The van der Waals surface area contributed by atoms with E-state index >= 15 is 0 Å². The molecule has 0 unspecified atom stereocenters. The van der Waals surface area contributed by atoms with Crippen LogP contribution in [0.15, 0.2) is 78.1 Å². The van der Waals surface area contributed by atoms with Gasteiger partial charge in [0.25, 0.3) is 0 Å². The van der Waals surface area contributed by atoms with Gasteiger partial charge in [-0.25, -0.2) is 9.98 Å². The minimum atomic E-state index is 0.253. The molecule has 0 amide bonds. The van der Waals surface area contributed by atoms with Gasteiger partial charge in [0.15, 0.2) is 0 Å². The number of halogens is 2. The Morgan fingerprint density at radius 2 is 0.909 bits per heavy atom. The number of benzene rings is 3. The van der Waals surface area contributed by atoms with Crippen molar-refractivity contribution in [2.45, 2.75) is 98.8 Å². The molecule has 0 bridgehead atoms. The largest absolute Gasteiger partial charge is 0.463 e. The first kappa shape index (κ1) is 32.6. The van der Waals surface area contributed by atoms with Crippen molar-refractivity contribution in [2.24, 2.45) is 9.98 Å². The first-order valence-electron chi connectivity index (χ1n) is 15.9. The van der Waals surface area contributed by atoms with Gasteiger partial charge in [0.1, 0.15) is 11.5 Å². The predicted molar refractivity (Wildman–Crippen MR) is 195 cm³/mol. The SMILES string of the molecule is CC(C)c1cc(Br)cc(C(C)C)c1N=C1C(=Nc2c(C(C)C)cc(Br)cc2C(C)C)c2c(C(C)C)coc2-c2ccccc21. The average molecular weight is 717 g/mol. The molecule has 1 aliphatic rings. The maximum absolute atomic E-state index is 6.41. The van der Waals surface area contributed by atoms with Gasteiger partial charge in [0.05, 0.1) is 28.9 Å². The smallest absolute Gasteiger partial charge is 0.144 e. The molecule has 4 aromatic rings. The van der Waals surface area contributed by atoms with Crippen LogP contribution in [0.4, 0.5) is 11.4 Å². The zero-order valence-electron chi connectivity index (χ0n) is 27.6. The van der Waals surface area contributed by atoms with Crippen LogP contribution < -0.4 is 0 Å². The summed E-state index contributed by atoms with van der Waals surface area (Å²) in [5.74, 6) is 2.31.